The number of anilines is 2. The molecule has 4 N–H and O–H groups in total. The van der Waals surface area contributed by atoms with Gasteiger partial charge in [-0.25, -0.2) is 4.98 Å². The first-order valence-corrected chi connectivity index (χ1v) is 5.81. The minimum atomic E-state index is -0.775. The Labute approximate surface area is 118 Å². The molecule has 0 saturated carbocycles. The number of aryl methyl sites for hydroxylation is 1. The number of nitrogens with one attached hydrogen (secondary N) is 2. The SMILES string of the molecule is Cc1nc(N)[nH]c(=O)c1NC(=O)c1ccccc1[N+](=O)[O-]. The van der Waals surface area contributed by atoms with Crippen molar-refractivity contribution in [2.75, 3.05) is 11.1 Å². The van der Waals surface area contributed by atoms with E-state index in [-0.39, 0.29) is 28.6 Å². The fraction of sp³-hybridized carbons (Fsp3) is 0.0833. The number of nitrogens with two attached hydrogens (primary N) is 1. The van der Waals surface area contributed by atoms with Crippen molar-refractivity contribution in [3.8, 4) is 0 Å². The quantitative estimate of drug-likeness (QED) is 0.563. The standard InChI is InChI=1S/C12H11N5O4/c1-6-9(11(19)16-12(13)14-6)15-10(18)7-4-2-3-5-8(7)17(20)21/h2-5H,1H3,(H,15,18)(H3,13,14,16,19). The second-order valence-corrected chi connectivity index (χ2v) is 4.14. The van der Waals surface area contributed by atoms with Crippen molar-refractivity contribution < 1.29 is 9.72 Å². The van der Waals surface area contributed by atoms with Gasteiger partial charge < -0.3 is 11.1 Å². The number of aromatic nitrogens is 2. The van der Waals surface area contributed by atoms with Gasteiger partial charge in [0.1, 0.15) is 11.3 Å². The maximum Gasteiger partial charge on any atom is 0.282 e. The van der Waals surface area contributed by atoms with Crippen molar-refractivity contribution in [3.05, 3.63) is 56.0 Å². The van der Waals surface area contributed by atoms with Crippen LogP contribution in [0.3, 0.4) is 0 Å². The second kappa shape index (κ2) is 5.41. The van der Waals surface area contributed by atoms with E-state index in [0.717, 1.165) is 0 Å². The smallest absolute Gasteiger partial charge is 0.282 e. The second-order valence-electron chi connectivity index (χ2n) is 4.14. The third kappa shape index (κ3) is 2.86. The number of nitro groups is 1. The number of nitrogens with zero attached hydrogens (tertiary/aromatic N) is 2. The van der Waals surface area contributed by atoms with Crippen molar-refractivity contribution in [1.29, 1.82) is 0 Å². The molecule has 0 bridgehead atoms. The van der Waals surface area contributed by atoms with Gasteiger partial charge in [-0.2, -0.15) is 0 Å². The van der Waals surface area contributed by atoms with E-state index in [1.165, 1.54) is 31.2 Å². The maximum atomic E-state index is 12.1. The minimum Gasteiger partial charge on any atom is -0.369 e. The van der Waals surface area contributed by atoms with Crippen LogP contribution in [0.25, 0.3) is 0 Å². The Hall–Kier alpha value is -3.23. The summed E-state index contributed by atoms with van der Waals surface area (Å²) in [5.41, 5.74) is 4.33. The summed E-state index contributed by atoms with van der Waals surface area (Å²) in [6.07, 6.45) is 0. The lowest BCUT2D eigenvalue weighted by Gasteiger charge is -2.07. The summed E-state index contributed by atoms with van der Waals surface area (Å²) in [6, 6.07) is 5.42. The summed E-state index contributed by atoms with van der Waals surface area (Å²) in [4.78, 5) is 40.1. The van der Waals surface area contributed by atoms with E-state index in [0.29, 0.717) is 0 Å². The van der Waals surface area contributed by atoms with Crippen molar-refractivity contribution >= 4 is 23.2 Å². The molecule has 9 nitrogen and oxygen atoms in total. The van der Waals surface area contributed by atoms with E-state index < -0.39 is 16.4 Å². The van der Waals surface area contributed by atoms with Crippen LogP contribution in [-0.2, 0) is 0 Å². The molecule has 1 aromatic heterocycles. The van der Waals surface area contributed by atoms with Crippen LogP contribution in [0.15, 0.2) is 29.1 Å². The molecule has 2 rings (SSSR count). The van der Waals surface area contributed by atoms with Gasteiger partial charge in [-0.05, 0) is 13.0 Å². The fourth-order valence-corrected chi connectivity index (χ4v) is 1.76. The molecule has 1 aromatic carbocycles. The van der Waals surface area contributed by atoms with E-state index in [2.05, 4.69) is 15.3 Å². The van der Waals surface area contributed by atoms with Crippen molar-refractivity contribution in [3.63, 3.8) is 0 Å². The highest BCUT2D eigenvalue weighted by molar-refractivity contribution is 6.07. The van der Waals surface area contributed by atoms with Gasteiger partial charge in [0, 0.05) is 6.07 Å². The first-order valence-electron chi connectivity index (χ1n) is 5.81. The maximum absolute atomic E-state index is 12.1. The molecule has 1 amide bonds. The van der Waals surface area contributed by atoms with E-state index in [9.17, 15) is 19.7 Å². The van der Waals surface area contributed by atoms with Crippen LogP contribution >= 0.6 is 0 Å². The zero-order valence-electron chi connectivity index (χ0n) is 10.9. The Morgan fingerprint density at radius 2 is 2.10 bits per heavy atom. The number of rotatable bonds is 3. The number of benzene rings is 1. The molecular weight excluding hydrogens is 278 g/mol. The largest absolute Gasteiger partial charge is 0.369 e. The van der Waals surface area contributed by atoms with Gasteiger partial charge in [-0.15, -0.1) is 0 Å². The molecule has 0 unspecified atom stereocenters. The van der Waals surface area contributed by atoms with Crippen LogP contribution in [-0.4, -0.2) is 20.8 Å². The number of carbonyl (C=O) groups is 1. The number of nitrogen functional groups attached to an aromatic ring is 1. The van der Waals surface area contributed by atoms with Gasteiger partial charge in [-0.1, -0.05) is 12.1 Å². The van der Waals surface area contributed by atoms with E-state index in [4.69, 9.17) is 5.73 Å². The van der Waals surface area contributed by atoms with E-state index in [1.54, 1.807) is 0 Å². The lowest BCUT2D eigenvalue weighted by molar-refractivity contribution is -0.385. The van der Waals surface area contributed by atoms with Crippen LogP contribution in [0.2, 0.25) is 0 Å². The Kier molecular flexibility index (Phi) is 3.65. The summed E-state index contributed by atoms with van der Waals surface area (Å²) in [7, 11) is 0. The van der Waals surface area contributed by atoms with E-state index >= 15 is 0 Å². The highest BCUT2D eigenvalue weighted by Gasteiger charge is 2.21. The summed E-state index contributed by atoms with van der Waals surface area (Å²) in [5, 5.41) is 13.2. The predicted molar refractivity (Wildman–Crippen MR) is 75.1 cm³/mol. The van der Waals surface area contributed by atoms with Crippen LogP contribution in [0.4, 0.5) is 17.3 Å². The zero-order chi connectivity index (χ0) is 15.6. The van der Waals surface area contributed by atoms with Crippen molar-refractivity contribution in [2.24, 2.45) is 0 Å². The predicted octanol–water partition coefficient (Wildman–Crippen LogP) is 0.821. The van der Waals surface area contributed by atoms with Crippen LogP contribution in [0, 0.1) is 17.0 Å². The topological polar surface area (TPSA) is 144 Å². The fourth-order valence-electron chi connectivity index (χ4n) is 1.76. The monoisotopic (exact) mass is 289 g/mol. The number of amides is 1. The molecule has 9 heteroatoms. The number of aromatic amines is 1. The number of hydrogen-bond acceptors (Lipinski definition) is 6. The van der Waals surface area contributed by atoms with Gasteiger partial charge in [-0.3, -0.25) is 24.7 Å². The van der Waals surface area contributed by atoms with Gasteiger partial charge in [0.2, 0.25) is 5.95 Å². The minimum absolute atomic E-state index is 0.0822. The summed E-state index contributed by atoms with van der Waals surface area (Å²) in [6.45, 7) is 1.49. The Bertz CT molecular complexity index is 783. The molecule has 0 radical (unpaired) electrons. The van der Waals surface area contributed by atoms with Gasteiger partial charge in [0.15, 0.2) is 0 Å². The first-order chi connectivity index (χ1) is 9.90. The third-order valence-electron chi connectivity index (χ3n) is 2.70. The number of H-pyrrole nitrogens is 1. The molecule has 0 saturated heterocycles. The van der Waals surface area contributed by atoms with Crippen LogP contribution in [0.5, 0.6) is 0 Å². The molecule has 21 heavy (non-hydrogen) atoms. The summed E-state index contributed by atoms with van der Waals surface area (Å²) < 4.78 is 0. The molecule has 0 fully saturated rings. The highest BCUT2D eigenvalue weighted by atomic mass is 16.6. The normalized spacial score (nSPS) is 10.1. The van der Waals surface area contributed by atoms with Crippen LogP contribution in [0.1, 0.15) is 16.1 Å². The Morgan fingerprint density at radius 1 is 1.43 bits per heavy atom. The first kappa shape index (κ1) is 14.2. The van der Waals surface area contributed by atoms with Gasteiger partial charge in [0.25, 0.3) is 17.2 Å². The molecule has 0 atom stereocenters. The molecule has 0 aliphatic heterocycles. The molecule has 0 aliphatic carbocycles. The van der Waals surface area contributed by atoms with Crippen molar-refractivity contribution in [2.45, 2.75) is 6.92 Å². The molecule has 0 spiro atoms. The highest BCUT2D eigenvalue weighted by Crippen LogP contribution is 2.19. The van der Waals surface area contributed by atoms with Crippen molar-refractivity contribution in [1.82, 2.24) is 9.97 Å². The average Bonchev–Trinajstić information content (AvgIpc) is 2.42. The molecule has 1 heterocycles. The van der Waals surface area contributed by atoms with E-state index in [1.807, 2.05) is 0 Å². The molecule has 108 valence electrons. The lowest BCUT2D eigenvalue weighted by Crippen LogP contribution is -2.23. The van der Waals surface area contributed by atoms with Crippen LogP contribution < -0.4 is 16.6 Å². The van der Waals surface area contributed by atoms with Gasteiger partial charge in [0.05, 0.1) is 10.6 Å². The van der Waals surface area contributed by atoms with Gasteiger partial charge >= 0.3 is 0 Å². The number of hydrogen-bond donors (Lipinski definition) is 3. The average molecular weight is 289 g/mol. The third-order valence-corrected chi connectivity index (χ3v) is 2.70. The Balaban J connectivity index is 2.40. The Morgan fingerprint density at radius 3 is 2.71 bits per heavy atom. The number of para-hydroxylation sites is 1. The molecule has 2 aromatic rings. The summed E-state index contributed by atoms with van der Waals surface area (Å²) >= 11 is 0. The zero-order valence-corrected chi connectivity index (χ0v) is 10.9. The summed E-state index contributed by atoms with van der Waals surface area (Å²) in [5.74, 6) is -0.858. The number of carbonyl (C=O) groups excluding carboxylic acids is 1. The lowest BCUT2D eigenvalue weighted by atomic mass is 10.1. The molecular formula is C12H11N5O4. The number of nitro benzene ring substituents is 1. The molecule has 0 aliphatic rings.